The summed E-state index contributed by atoms with van der Waals surface area (Å²) in [6.45, 7) is 13.4. The van der Waals surface area contributed by atoms with E-state index in [4.69, 9.17) is 0 Å². The molecule has 305 valence electrons. The first-order chi connectivity index (χ1) is 27.2. The second kappa shape index (κ2) is 25.4. The lowest BCUT2D eigenvalue weighted by Crippen LogP contribution is -2.19. The third-order valence-corrected chi connectivity index (χ3v) is 11.4. The Hall–Kier alpha value is -3.92. The van der Waals surface area contributed by atoms with Crippen molar-refractivity contribution in [3.05, 3.63) is 88.0 Å². The number of aromatic hydroxyl groups is 3. The van der Waals surface area contributed by atoms with Gasteiger partial charge in [-0.05, 0) is 73.0 Å². The van der Waals surface area contributed by atoms with Gasteiger partial charge in [0, 0.05) is 16.7 Å². The number of phenols is 3. The number of para-hydroxylation sites is 3. The highest BCUT2D eigenvalue weighted by atomic mass is 28.1. The van der Waals surface area contributed by atoms with Crippen LogP contribution in [0.4, 0.5) is 0 Å². The summed E-state index contributed by atoms with van der Waals surface area (Å²) in [4.78, 5) is 0. The molecule has 0 amide bonds. The van der Waals surface area contributed by atoms with Gasteiger partial charge in [-0.25, -0.2) is 0 Å². The molecule has 10 heteroatoms. The average Bonchev–Trinajstić information content (AvgIpc) is 3.20. The summed E-state index contributed by atoms with van der Waals surface area (Å²) in [6.07, 6.45) is 16.3. The second-order valence-corrected chi connectivity index (χ2v) is 15.9. The van der Waals surface area contributed by atoms with E-state index in [1.807, 2.05) is 54.6 Å². The highest BCUT2D eigenvalue weighted by molar-refractivity contribution is 6.14. The summed E-state index contributed by atoms with van der Waals surface area (Å²) >= 11 is 0. The van der Waals surface area contributed by atoms with Crippen LogP contribution in [0.3, 0.4) is 0 Å². The highest BCUT2D eigenvalue weighted by Gasteiger charge is 2.24. The van der Waals surface area contributed by atoms with E-state index in [0.717, 1.165) is 93.7 Å². The van der Waals surface area contributed by atoms with Gasteiger partial charge >= 0.3 is 0 Å². The van der Waals surface area contributed by atoms with Crippen molar-refractivity contribution in [3.8, 4) is 17.2 Å². The Morgan fingerprint density at radius 2 is 0.750 bits per heavy atom. The zero-order chi connectivity index (χ0) is 40.8. The van der Waals surface area contributed by atoms with Crippen molar-refractivity contribution in [2.45, 2.75) is 181 Å². The first kappa shape index (κ1) is 46.5. The van der Waals surface area contributed by atoms with Crippen LogP contribution in [0.25, 0.3) is 0 Å². The summed E-state index contributed by atoms with van der Waals surface area (Å²) < 4.78 is 0. The zero-order valence-electron chi connectivity index (χ0n) is 35.2. The molecule has 0 saturated heterocycles. The number of benzene rings is 3. The van der Waals surface area contributed by atoms with E-state index in [1.165, 1.54) is 19.3 Å². The average molecular weight is 782 g/mol. The van der Waals surface area contributed by atoms with Gasteiger partial charge in [-0.3, -0.25) is 0 Å². The first-order valence-corrected chi connectivity index (χ1v) is 22.0. The third kappa shape index (κ3) is 14.2. The van der Waals surface area contributed by atoms with Crippen LogP contribution in [-0.2, 0) is 19.6 Å². The van der Waals surface area contributed by atoms with Crippen molar-refractivity contribution in [3.63, 3.8) is 0 Å². The molecule has 3 aromatic carbocycles. The first-order valence-electron chi connectivity index (χ1n) is 21.5. The third-order valence-electron chi connectivity index (χ3n) is 11.1. The van der Waals surface area contributed by atoms with E-state index in [2.05, 4.69) is 82.5 Å². The number of azo groups is 3. The minimum absolute atomic E-state index is 0.112. The van der Waals surface area contributed by atoms with E-state index < -0.39 is 5.41 Å². The van der Waals surface area contributed by atoms with Crippen molar-refractivity contribution in [1.82, 2.24) is 0 Å². The highest BCUT2D eigenvalue weighted by Crippen LogP contribution is 2.38. The van der Waals surface area contributed by atoms with Crippen LogP contribution in [0.5, 0.6) is 17.2 Å². The van der Waals surface area contributed by atoms with E-state index in [1.54, 1.807) is 0 Å². The number of rotatable bonds is 27. The molecule has 3 radical (unpaired) electrons. The van der Waals surface area contributed by atoms with Crippen LogP contribution in [0.2, 0.25) is 0 Å². The van der Waals surface area contributed by atoms with Gasteiger partial charge in [0.05, 0.1) is 19.6 Å². The molecule has 3 atom stereocenters. The molecule has 56 heavy (non-hydrogen) atoms. The Balaban J connectivity index is 1.90. The molecule has 0 saturated carbocycles. The van der Waals surface area contributed by atoms with Gasteiger partial charge in [0.15, 0.2) is 0 Å². The molecule has 0 heterocycles. The fourth-order valence-electron chi connectivity index (χ4n) is 7.56. The Morgan fingerprint density at radius 3 is 1.00 bits per heavy atom. The van der Waals surface area contributed by atoms with E-state index in [9.17, 15) is 15.3 Å². The van der Waals surface area contributed by atoms with E-state index in [0.29, 0.717) is 16.7 Å². The Bertz CT molecular complexity index is 1490. The van der Waals surface area contributed by atoms with Crippen LogP contribution in [-0.4, -0.2) is 31.0 Å². The Kier molecular flexibility index (Phi) is 21.0. The van der Waals surface area contributed by atoms with Crippen molar-refractivity contribution in [2.24, 2.45) is 30.7 Å². The number of unbranched alkanes of at least 4 members (excludes halogenated alkanes) is 6. The summed E-state index contributed by atoms with van der Waals surface area (Å²) in [5.41, 5.74) is 3.13. The standard InChI is InChI=1S/C46H69N6O3Si/c1-7-13-16-22-34(10-4)40-28-19-25-37(43(40)53)31-47-50-46(56,51-48-32-38-26-20-29-41(44(38)54)35(11-5)23-17-14-8-2)52-49-33-39-27-21-30-42(45(39)55)36(12-6)24-18-15-9-3/h19-21,25-30,34-36,53-55H,7-18,22-24,31-33H2,1-6H3. The lowest BCUT2D eigenvalue weighted by Gasteiger charge is -2.18. The molecule has 3 unspecified atom stereocenters. The molecular weight excluding hydrogens is 713 g/mol. The Morgan fingerprint density at radius 1 is 0.464 bits per heavy atom. The van der Waals surface area contributed by atoms with Crippen LogP contribution < -0.4 is 0 Å². The number of hydrogen-bond donors (Lipinski definition) is 3. The number of hydrogen-bond acceptors (Lipinski definition) is 9. The second-order valence-electron chi connectivity index (χ2n) is 15.2. The van der Waals surface area contributed by atoms with Crippen LogP contribution in [0.1, 0.15) is 189 Å². The smallest absolute Gasteiger partial charge is 0.270 e. The molecule has 0 bridgehead atoms. The molecule has 0 spiro atoms. The van der Waals surface area contributed by atoms with Gasteiger partial charge in [-0.1, -0.05) is 154 Å². The fourth-order valence-corrected chi connectivity index (χ4v) is 7.77. The van der Waals surface area contributed by atoms with Crippen molar-refractivity contribution in [2.75, 3.05) is 0 Å². The van der Waals surface area contributed by atoms with Gasteiger partial charge in [0.1, 0.15) is 27.5 Å². The van der Waals surface area contributed by atoms with Gasteiger partial charge < -0.3 is 15.3 Å². The maximum absolute atomic E-state index is 11.3. The molecule has 0 aliphatic heterocycles. The summed E-state index contributed by atoms with van der Waals surface area (Å²) in [6, 6.07) is 17.5. The molecule has 3 N–H and O–H groups in total. The van der Waals surface area contributed by atoms with Gasteiger partial charge in [0.25, 0.3) is 5.41 Å². The molecule has 0 aliphatic carbocycles. The largest absolute Gasteiger partial charge is 0.507 e. The molecule has 0 aromatic heterocycles. The molecule has 3 rings (SSSR count). The summed E-state index contributed by atoms with van der Waals surface area (Å²) in [7, 11) is 3.61. The maximum atomic E-state index is 11.3. The minimum Gasteiger partial charge on any atom is -0.507 e. The topological polar surface area (TPSA) is 135 Å². The van der Waals surface area contributed by atoms with Crippen LogP contribution in [0.15, 0.2) is 85.3 Å². The molecule has 0 fully saturated rings. The fraction of sp³-hybridized carbons (Fsp3) is 0.609. The number of nitrogens with zero attached hydrogens (tertiary/aromatic N) is 6. The molecular formula is C46H69N6O3Si. The van der Waals surface area contributed by atoms with Crippen molar-refractivity contribution < 1.29 is 15.3 Å². The monoisotopic (exact) mass is 782 g/mol. The molecule has 3 aromatic rings. The Labute approximate surface area is 341 Å². The predicted octanol–water partition coefficient (Wildman–Crippen LogP) is 14.1. The van der Waals surface area contributed by atoms with Crippen molar-refractivity contribution >= 4 is 10.2 Å². The lowest BCUT2D eigenvalue weighted by molar-refractivity contribution is 0.442. The normalized spacial score (nSPS) is 14.8. The predicted molar refractivity (Wildman–Crippen MR) is 230 cm³/mol. The van der Waals surface area contributed by atoms with Crippen LogP contribution in [0, 0.1) is 0 Å². The molecule has 9 nitrogen and oxygen atoms in total. The molecule has 0 aliphatic rings. The number of phenolic OH excluding ortho intramolecular Hbond substituents is 3. The van der Waals surface area contributed by atoms with Gasteiger partial charge in [-0.2, -0.15) is 15.3 Å². The van der Waals surface area contributed by atoms with Gasteiger partial charge in [-0.15, -0.1) is 15.3 Å². The van der Waals surface area contributed by atoms with E-state index in [-0.39, 0.29) is 54.6 Å². The summed E-state index contributed by atoms with van der Waals surface area (Å²) in [5, 5.41) is 60.5. The van der Waals surface area contributed by atoms with E-state index >= 15 is 0 Å². The SMILES string of the molecule is CCCCCC(CC)c1cccc(CN=NC([Si])(N=NCc2cccc(C(CC)CCCCC)c2O)N=NCc2cccc(C(CC)CCCCC)c2O)c1O. The maximum Gasteiger partial charge on any atom is 0.270 e. The lowest BCUT2D eigenvalue weighted by atomic mass is 9.89. The van der Waals surface area contributed by atoms with Gasteiger partial charge in [0.2, 0.25) is 0 Å². The zero-order valence-corrected chi connectivity index (χ0v) is 36.2. The minimum atomic E-state index is -1.70. The summed E-state index contributed by atoms with van der Waals surface area (Å²) in [5.74, 6) is 1.58. The quantitative estimate of drug-likeness (QED) is 0.0403. The van der Waals surface area contributed by atoms with Crippen molar-refractivity contribution in [1.29, 1.82) is 0 Å². The van der Waals surface area contributed by atoms with Crippen LogP contribution >= 0.6 is 0 Å².